The summed E-state index contributed by atoms with van der Waals surface area (Å²) in [5.41, 5.74) is 4.23. The zero-order valence-corrected chi connectivity index (χ0v) is 15.3. The predicted molar refractivity (Wildman–Crippen MR) is 96.4 cm³/mol. The lowest BCUT2D eigenvalue weighted by Crippen LogP contribution is -2.23. The van der Waals surface area contributed by atoms with E-state index in [1.165, 1.54) is 5.56 Å². The fourth-order valence-electron chi connectivity index (χ4n) is 2.68. The average molecular weight is 353 g/mol. The van der Waals surface area contributed by atoms with E-state index in [0.29, 0.717) is 37.6 Å². The van der Waals surface area contributed by atoms with E-state index in [0.717, 1.165) is 17.0 Å². The van der Waals surface area contributed by atoms with Crippen molar-refractivity contribution in [2.45, 2.75) is 39.7 Å². The first-order valence-corrected chi connectivity index (χ1v) is 8.62. The molecule has 1 amide bonds. The summed E-state index contributed by atoms with van der Waals surface area (Å²) in [7, 11) is 1.88. The van der Waals surface area contributed by atoms with Crippen molar-refractivity contribution in [2.24, 2.45) is 7.05 Å². The Morgan fingerprint density at radius 2 is 2.00 bits per heavy atom. The third kappa shape index (κ3) is 4.78. The fourth-order valence-corrected chi connectivity index (χ4v) is 2.68. The van der Waals surface area contributed by atoms with Crippen LogP contribution in [0.2, 0.25) is 0 Å². The molecule has 3 rings (SSSR count). The topological polar surface area (TPSA) is 85.8 Å². The number of nitrogens with zero attached hydrogens (tertiary/aromatic N) is 4. The number of carbonyl (C=O) groups excluding carboxylic acids is 1. The molecule has 0 aliphatic rings. The standard InChI is InChI=1S/C19H23N5O2/c1-13-5-4-6-15(9-13)11-19-22-21-18(26-19)8-7-17(25)20-12-16-10-14(2)24(3)23-16/h4-6,9-10H,7-8,11-12H2,1-3H3,(H,20,25). The monoisotopic (exact) mass is 353 g/mol. The molecule has 3 aromatic rings. The molecule has 0 aliphatic heterocycles. The van der Waals surface area contributed by atoms with Crippen LogP contribution in [0.1, 0.15) is 40.7 Å². The van der Waals surface area contributed by atoms with Gasteiger partial charge in [-0.3, -0.25) is 9.48 Å². The maximum Gasteiger partial charge on any atom is 0.220 e. The van der Waals surface area contributed by atoms with E-state index in [1.54, 1.807) is 4.68 Å². The minimum absolute atomic E-state index is 0.0632. The van der Waals surface area contributed by atoms with E-state index in [9.17, 15) is 4.79 Å². The molecule has 0 spiro atoms. The molecule has 1 N–H and O–H groups in total. The molecule has 2 aromatic heterocycles. The Labute approximate surface area is 152 Å². The summed E-state index contributed by atoms with van der Waals surface area (Å²) < 4.78 is 7.43. The highest BCUT2D eigenvalue weighted by molar-refractivity contribution is 5.75. The Bertz CT molecular complexity index is 877. The Morgan fingerprint density at radius 3 is 2.73 bits per heavy atom. The van der Waals surface area contributed by atoms with Crippen molar-refractivity contribution in [3.8, 4) is 0 Å². The quantitative estimate of drug-likeness (QED) is 0.704. The highest BCUT2D eigenvalue weighted by atomic mass is 16.4. The van der Waals surface area contributed by atoms with Gasteiger partial charge in [-0.25, -0.2) is 0 Å². The Morgan fingerprint density at radius 1 is 1.19 bits per heavy atom. The SMILES string of the molecule is Cc1cccc(Cc2nnc(CCC(=O)NCc3cc(C)n(C)n3)o2)c1. The van der Waals surface area contributed by atoms with Crippen molar-refractivity contribution in [1.82, 2.24) is 25.3 Å². The Kier molecular flexibility index (Phi) is 5.46. The van der Waals surface area contributed by atoms with E-state index in [-0.39, 0.29) is 5.91 Å². The lowest BCUT2D eigenvalue weighted by atomic mass is 10.1. The van der Waals surface area contributed by atoms with Gasteiger partial charge in [-0.2, -0.15) is 5.10 Å². The normalized spacial score (nSPS) is 10.9. The minimum Gasteiger partial charge on any atom is -0.425 e. The van der Waals surface area contributed by atoms with Gasteiger partial charge in [0.05, 0.1) is 18.7 Å². The first-order chi connectivity index (χ1) is 12.5. The van der Waals surface area contributed by atoms with Crippen LogP contribution in [0.25, 0.3) is 0 Å². The van der Waals surface area contributed by atoms with Gasteiger partial charge in [0, 0.05) is 25.6 Å². The van der Waals surface area contributed by atoms with E-state index in [4.69, 9.17) is 4.42 Å². The lowest BCUT2D eigenvalue weighted by molar-refractivity contribution is -0.121. The number of benzene rings is 1. The Balaban J connectivity index is 1.46. The van der Waals surface area contributed by atoms with Gasteiger partial charge in [0.2, 0.25) is 17.7 Å². The van der Waals surface area contributed by atoms with Crippen LogP contribution in [-0.4, -0.2) is 25.9 Å². The van der Waals surface area contributed by atoms with Gasteiger partial charge in [-0.1, -0.05) is 29.8 Å². The first kappa shape index (κ1) is 17.8. The number of carbonyl (C=O) groups is 1. The molecule has 7 nitrogen and oxygen atoms in total. The number of rotatable bonds is 7. The van der Waals surface area contributed by atoms with Crippen molar-refractivity contribution in [2.75, 3.05) is 0 Å². The van der Waals surface area contributed by atoms with Gasteiger partial charge in [0.1, 0.15) is 0 Å². The van der Waals surface area contributed by atoms with Gasteiger partial charge in [0.15, 0.2) is 0 Å². The van der Waals surface area contributed by atoms with Gasteiger partial charge < -0.3 is 9.73 Å². The molecule has 0 saturated carbocycles. The van der Waals surface area contributed by atoms with Gasteiger partial charge in [-0.15, -0.1) is 10.2 Å². The van der Waals surface area contributed by atoms with Crippen molar-refractivity contribution in [3.05, 3.63) is 64.6 Å². The molecular weight excluding hydrogens is 330 g/mol. The van der Waals surface area contributed by atoms with Crippen LogP contribution >= 0.6 is 0 Å². The van der Waals surface area contributed by atoms with E-state index >= 15 is 0 Å². The minimum atomic E-state index is -0.0632. The van der Waals surface area contributed by atoms with Gasteiger partial charge in [-0.05, 0) is 25.5 Å². The Hall–Kier alpha value is -2.96. The third-order valence-electron chi connectivity index (χ3n) is 4.14. The highest BCUT2D eigenvalue weighted by Crippen LogP contribution is 2.11. The van der Waals surface area contributed by atoms with E-state index < -0.39 is 0 Å². The summed E-state index contributed by atoms with van der Waals surface area (Å²) in [5.74, 6) is 0.984. The molecule has 2 heterocycles. The second-order valence-electron chi connectivity index (χ2n) is 6.43. The molecule has 7 heteroatoms. The maximum atomic E-state index is 12.0. The molecule has 0 unspecified atom stereocenters. The van der Waals surface area contributed by atoms with Crippen molar-refractivity contribution >= 4 is 5.91 Å². The molecule has 0 bridgehead atoms. The van der Waals surface area contributed by atoms with Crippen molar-refractivity contribution in [1.29, 1.82) is 0 Å². The van der Waals surface area contributed by atoms with Crippen LogP contribution < -0.4 is 5.32 Å². The smallest absolute Gasteiger partial charge is 0.220 e. The summed E-state index contributed by atoms with van der Waals surface area (Å²) >= 11 is 0. The number of hydrogen-bond acceptors (Lipinski definition) is 5. The van der Waals surface area contributed by atoms with E-state index in [1.807, 2.05) is 45.2 Å². The van der Waals surface area contributed by atoms with Crippen LogP contribution in [0.3, 0.4) is 0 Å². The second kappa shape index (κ2) is 7.95. The van der Waals surface area contributed by atoms with Crippen LogP contribution in [0, 0.1) is 13.8 Å². The molecule has 0 fully saturated rings. The first-order valence-electron chi connectivity index (χ1n) is 8.62. The molecule has 0 atom stereocenters. The summed E-state index contributed by atoms with van der Waals surface area (Å²) in [4.78, 5) is 12.0. The molecule has 26 heavy (non-hydrogen) atoms. The van der Waals surface area contributed by atoms with Crippen LogP contribution in [0.5, 0.6) is 0 Å². The van der Waals surface area contributed by atoms with E-state index in [2.05, 4.69) is 26.7 Å². The number of amides is 1. The summed E-state index contributed by atoms with van der Waals surface area (Å²) in [6.07, 6.45) is 1.33. The molecular formula is C19H23N5O2. The fraction of sp³-hybridized carbons (Fsp3) is 0.368. The maximum absolute atomic E-state index is 12.0. The molecule has 1 aromatic carbocycles. The van der Waals surface area contributed by atoms with Gasteiger partial charge in [0.25, 0.3) is 0 Å². The lowest BCUT2D eigenvalue weighted by Gasteiger charge is -2.01. The number of aryl methyl sites for hydroxylation is 4. The third-order valence-corrected chi connectivity index (χ3v) is 4.14. The number of hydrogen-bond donors (Lipinski definition) is 1. The number of aromatic nitrogens is 4. The zero-order chi connectivity index (χ0) is 18.5. The predicted octanol–water partition coefficient (Wildman–Crippen LogP) is 2.26. The summed E-state index contributed by atoms with van der Waals surface area (Å²) in [6, 6.07) is 10.1. The van der Waals surface area contributed by atoms with Crippen LogP contribution in [0.4, 0.5) is 0 Å². The highest BCUT2D eigenvalue weighted by Gasteiger charge is 2.10. The molecule has 0 saturated heterocycles. The summed E-state index contributed by atoms with van der Waals surface area (Å²) in [5, 5.41) is 15.3. The van der Waals surface area contributed by atoms with Crippen molar-refractivity contribution < 1.29 is 9.21 Å². The summed E-state index contributed by atoms with van der Waals surface area (Å²) in [6.45, 7) is 4.44. The largest absolute Gasteiger partial charge is 0.425 e. The molecule has 0 radical (unpaired) electrons. The molecule has 0 aliphatic carbocycles. The zero-order valence-electron chi connectivity index (χ0n) is 15.3. The van der Waals surface area contributed by atoms with Gasteiger partial charge >= 0.3 is 0 Å². The van der Waals surface area contributed by atoms with Crippen LogP contribution in [0.15, 0.2) is 34.7 Å². The molecule has 136 valence electrons. The van der Waals surface area contributed by atoms with Crippen molar-refractivity contribution in [3.63, 3.8) is 0 Å². The van der Waals surface area contributed by atoms with Crippen LogP contribution in [-0.2, 0) is 31.2 Å². The average Bonchev–Trinajstić information content (AvgIpc) is 3.17. The second-order valence-corrected chi connectivity index (χ2v) is 6.43. The number of nitrogens with one attached hydrogen (secondary N) is 1.